The fourth-order valence-corrected chi connectivity index (χ4v) is 2.07. The Balaban J connectivity index is 2.16. The molecule has 0 radical (unpaired) electrons. The second kappa shape index (κ2) is 5.19. The number of carbonyl (C=O) groups excluding carboxylic acids is 1. The van der Waals surface area contributed by atoms with Crippen molar-refractivity contribution in [1.29, 1.82) is 0 Å². The minimum absolute atomic E-state index is 0.00867. The molecule has 1 N–H and O–H groups in total. The molecule has 92 valence electrons. The number of hydrogen-bond acceptors (Lipinski definition) is 3. The summed E-state index contributed by atoms with van der Waals surface area (Å²) < 4.78 is 10.7. The molecule has 0 saturated heterocycles. The van der Waals surface area contributed by atoms with E-state index in [-0.39, 0.29) is 11.8 Å². The highest BCUT2D eigenvalue weighted by atomic mass is 16.5. The van der Waals surface area contributed by atoms with Crippen molar-refractivity contribution in [3.63, 3.8) is 0 Å². The lowest BCUT2D eigenvalue weighted by molar-refractivity contribution is -0.119. The Labute approximate surface area is 101 Å². The number of fused-ring (bicyclic) bond motifs is 1. The molecule has 0 aliphatic carbocycles. The molecule has 1 amide bonds. The molecule has 4 heteroatoms. The van der Waals surface area contributed by atoms with Crippen LogP contribution >= 0.6 is 0 Å². The van der Waals surface area contributed by atoms with Gasteiger partial charge in [-0.1, -0.05) is 6.07 Å². The number of amides is 1. The Bertz CT molecular complexity index is 417. The summed E-state index contributed by atoms with van der Waals surface area (Å²) in [7, 11) is 1.65. The molecule has 1 atom stereocenters. The first-order valence-corrected chi connectivity index (χ1v) is 5.69. The van der Waals surface area contributed by atoms with Crippen molar-refractivity contribution in [1.82, 2.24) is 5.32 Å². The van der Waals surface area contributed by atoms with Crippen LogP contribution in [0.2, 0.25) is 0 Å². The van der Waals surface area contributed by atoms with Crippen molar-refractivity contribution in [3.8, 4) is 5.75 Å². The summed E-state index contributed by atoms with van der Waals surface area (Å²) in [6.07, 6.45) is 0. The zero-order valence-corrected chi connectivity index (χ0v) is 10.2. The van der Waals surface area contributed by atoms with Gasteiger partial charge in [0.2, 0.25) is 5.91 Å². The summed E-state index contributed by atoms with van der Waals surface area (Å²) in [5.74, 6) is 1.06. The molecule has 1 heterocycles. The molecule has 0 aromatic heterocycles. The van der Waals surface area contributed by atoms with Crippen LogP contribution in [-0.2, 0) is 16.1 Å². The van der Waals surface area contributed by atoms with Crippen LogP contribution in [-0.4, -0.2) is 26.2 Å². The van der Waals surface area contributed by atoms with Gasteiger partial charge in [0, 0.05) is 19.4 Å². The smallest absolute Gasteiger partial charge is 0.216 e. The Morgan fingerprint density at radius 2 is 2.41 bits per heavy atom. The number of hydrogen-bond donors (Lipinski definition) is 1. The summed E-state index contributed by atoms with van der Waals surface area (Å²) in [5, 5.41) is 2.83. The number of ether oxygens (including phenoxy) is 2. The highest BCUT2D eigenvalue weighted by Gasteiger charge is 2.21. The summed E-state index contributed by atoms with van der Waals surface area (Å²) >= 11 is 0. The molecular formula is C13H17NO3. The van der Waals surface area contributed by atoms with E-state index in [1.165, 1.54) is 12.5 Å². The van der Waals surface area contributed by atoms with Gasteiger partial charge in [0.05, 0.1) is 20.3 Å². The fourth-order valence-electron chi connectivity index (χ4n) is 2.07. The molecule has 17 heavy (non-hydrogen) atoms. The van der Waals surface area contributed by atoms with Crippen molar-refractivity contribution >= 4 is 5.91 Å². The van der Waals surface area contributed by atoms with Crippen LogP contribution in [0.25, 0.3) is 0 Å². The third-order valence-corrected chi connectivity index (χ3v) is 2.96. The predicted molar refractivity (Wildman–Crippen MR) is 64.1 cm³/mol. The van der Waals surface area contributed by atoms with Gasteiger partial charge in [0.1, 0.15) is 5.75 Å². The predicted octanol–water partition coefficient (Wildman–Crippen LogP) is 1.45. The van der Waals surface area contributed by atoms with E-state index in [0.717, 1.165) is 11.3 Å². The highest BCUT2D eigenvalue weighted by Crippen LogP contribution is 2.29. The van der Waals surface area contributed by atoms with Gasteiger partial charge in [-0.3, -0.25) is 4.79 Å². The maximum absolute atomic E-state index is 10.9. The van der Waals surface area contributed by atoms with E-state index in [0.29, 0.717) is 19.8 Å². The van der Waals surface area contributed by atoms with Gasteiger partial charge in [-0.15, -0.1) is 0 Å². The number of carbonyl (C=O) groups is 1. The second-order valence-corrected chi connectivity index (χ2v) is 4.21. The molecule has 1 aromatic rings. The van der Waals surface area contributed by atoms with Gasteiger partial charge in [-0.05, 0) is 23.3 Å². The molecule has 0 saturated carbocycles. The lowest BCUT2D eigenvalue weighted by Crippen LogP contribution is -2.30. The first-order chi connectivity index (χ1) is 8.20. The SMILES string of the molecule is COc1ccc2c(c1)COCC2CNC(C)=O. The second-order valence-electron chi connectivity index (χ2n) is 4.21. The molecule has 1 aliphatic heterocycles. The van der Waals surface area contributed by atoms with E-state index in [1.54, 1.807) is 7.11 Å². The molecular weight excluding hydrogens is 218 g/mol. The molecule has 2 rings (SSSR count). The Hall–Kier alpha value is -1.55. The summed E-state index contributed by atoms with van der Waals surface area (Å²) in [5.41, 5.74) is 2.39. The van der Waals surface area contributed by atoms with Gasteiger partial charge >= 0.3 is 0 Å². The van der Waals surface area contributed by atoms with E-state index in [4.69, 9.17) is 9.47 Å². The third kappa shape index (κ3) is 2.77. The van der Waals surface area contributed by atoms with E-state index >= 15 is 0 Å². The molecule has 1 aromatic carbocycles. The molecule has 1 aliphatic rings. The lowest BCUT2D eigenvalue weighted by atomic mass is 9.92. The first-order valence-electron chi connectivity index (χ1n) is 5.69. The molecule has 1 unspecified atom stereocenters. The summed E-state index contributed by atoms with van der Waals surface area (Å²) in [6.45, 7) is 3.41. The summed E-state index contributed by atoms with van der Waals surface area (Å²) in [4.78, 5) is 10.9. The number of benzene rings is 1. The van der Waals surface area contributed by atoms with Crippen LogP contribution in [0.1, 0.15) is 24.0 Å². The minimum Gasteiger partial charge on any atom is -0.497 e. The van der Waals surface area contributed by atoms with Gasteiger partial charge in [-0.25, -0.2) is 0 Å². The van der Waals surface area contributed by atoms with Crippen LogP contribution in [0, 0.1) is 0 Å². The van der Waals surface area contributed by atoms with Gasteiger partial charge < -0.3 is 14.8 Å². The average molecular weight is 235 g/mol. The Morgan fingerprint density at radius 1 is 1.59 bits per heavy atom. The zero-order chi connectivity index (χ0) is 12.3. The summed E-state index contributed by atoms with van der Waals surface area (Å²) in [6, 6.07) is 6.00. The van der Waals surface area contributed by atoms with Crippen LogP contribution in [0.5, 0.6) is 5.75 Å². The maximum Gasteiger partial charge on any atom is 0.216 e. The van der Waals surface area contributed by atoms with Crippen LogP contribution in [0.4, 0.5) is 0 Å². The van der Waals surface area contributed by atoms with Crippen molar-refractivity contribution in [2.24, 2.45) is 0 Å². The van der Waals surface area contributed by atoms with E-state index < -0.39 is 0 Å². The number of methoxy groups -OCH3 is 1. The Morgan fingerprint density at radius 3 is 3.12 bits per heavy atom. The monoisotopic (exact) mass is 235 g/mol. The lowest BCUT2D eigenvalue weighted by Gasteiger charge is -2.26. The quantitative estimate of drug-likeness (QED) is 0.862. The topological polar surface area (TPSA) is 47.6 Å². The maximum atomic E-state index is 10.9. The van der Waals surface area contributed by atoms with Crippen LogP contribution < -0.4 is 10.1 Å². The fraction of sp³-hybridized carbons (Fsp3) is 0.462. The molecule has 0 spiro atoms. The Kier molecular flexibility index (Phi) is 3.64. The van der Waals surface area contributed by atoms with E-state index in [1.807, 2.05) is 12.1 Å². The van der Waals surface area contributed by atoms with Crippen LogP contribution in [0.15, 0.2) is 18.2 Å². The normalized spacial score (nSPS) is 18.4. The zero-order valence-electron chi connectivity index (χ0n) is 10.2. The third-order valence-electron chi connectivity index (χ3n) is 2.96. The van der Waals surface area contributed by atoms with Gasteiger partial charge in [0.25, 0.3) is 0 Å². The van der Waals surface area contributed by atoms with Crippen molar-refractivity contribution in [2.45, 2.75) is 19.4 Å². The minimum atomic E-state index is -0.00867. The van der Waals surface area contributed by atoms with Crippen LogP contribution in [0.3, 0.4) is 0 Å². The van der Waals surface area contributed by atoms with E-state index in [9.17, 15) is 4.79 Å². The average Bonchev–Trinajstić information content (AvgIpc) is 2.35. The van der Waals surface area contributed by atoms with Gasteiger partial charge in [-0.2, -0.15) is 0 Å². The van der Waals surface area contributed by atoms with E-state index in [2.05, 4.69) is 11.4 Å². The largest absolute Gasteiger partial charge is 0.497 e. The molecule has 4 nitrogen and oxygen atoms in total. The standard InChI is InChI=1S/C13H17NO3/c1-9(15)14-6-11-8-17-7-10-5-12(16-2)3-4-13(10)11/h3-5,11H,6-8H2,1-2H3,(H,14,15). The number of rotatable bonds is 3. The highest BCUT2D eigenvalue weighted by molar-refractivity contribution is 5.72. The number of nitrogens with one attached hydrogen (secondary N) is 1. The first kappa shape index (κ1) is 11.9. The van der Waals surface area contributed by atoms with Crippen molar-refractivity contribution < 1.29 is 14.3 Å². The van der Waals surface area contributed by atoms with Crippen molar-refractivity contribution in [3.05, 3.63) is 29.3 Å². The molecule has 0 fully saturated rings. The van der Waals surface area contributed by atoms with Crippen molar-refractivity contribution in [2.75, 3.05) is 20.3 Å². The van der Waals surface area contributed by atoms with Gasteiger partial charge in [0.15, 0.2) is 0 Å². The molecule has 0 bridgehead atoms.